The number of halogens is 2. The van der Waals surface area contributed by atoms with Crippen molar-refractivity contribution < 1.29 is 38.5 Å². The van der Waals surface area contributed by atoms with Gasteiger partial charge in [0.05, 0.1) is 35.5 Å². The molecule has 2 aliphatic carbocycles. The number of nitrogens with zero attached hydrogens (tertiary/aromatic N) is 2. The molecule has 6 unspecified atom stereocenters. The van der Waals surface area contributed by atoms with E-state index in [0.29, 0.717) is 28.3 Å². The number of benzene rings is 4. The number of rotatable bonds is 9. The fourth-order valence-corrected chi connectivity index (χ4v) is 9.33. The molecule has 0 aromatic heterocycles. The highest BCUT2D eigenvalue weighted by Gasteiger charge is 2.70. The Kier molecular flexibility index (Phi) is 8.92. The maximum Gasteiger partial charge on any atom is 0.260 e. The molecule has 0 radical (unpaired) electrons. The molecule has 54 heavy (non-hydrogen) atoms. The molecule has 2 aliphatic heterocycles. The maximum atomic E-state index is 15.3. The number of amides is 4. The van der Waals surface area contributed by atoms with Crippen LogP contribution in [0, 0.1) is 29.5 Å². The number of likely N-dealkylation sites (tertiary alicyclic amines) is 1. The highest BCUT2D eigenvalue weighted by atomic mass is 35.5. The number of aromatic hydroxyl groups is 2. The van der Waals surface area contributed by atoms with Crippen LogP contribution in [0.2, 0.25) is 5.02 Å². The number of allylic oxidation sites excluding steroid dienone is 2. The van der Waals surface area contributed by atoms with Crippen molar-refractivity contribution in [1.82, 2.24) is 9.91 Å². The van der Waals surface area contributed by atoms with Gasteiger partial charge in [0.1, 0.15) is 11.6 Å². The Morgan fingerprint density at radius 3 is 2.31 bits per heavy atom. The number of imide groups is 2. The molecule has 1 saturated carbocycles. The number of carbonyl (C=O) groups excluding carboxylic acids is 4. The third kappa shape index (κ3) is 5.60. The second-order valence-corrected chi connectivity index (χ2v) is 14.7. The van der Waals surface area contributed by atoms with E-state index < -0.39 is 52.6 Å². The van der Waals surface area contributed by atoms with E-state index >= 15 is 4.79 Å². The standard InChI is InChI=1S/C42H37ClFN3O7/c1-2-54-35-21-24(5-18-34(35)49)37-30-16-17-31-36(40(52)46(38(31)50)20-19-23-3-14-29(48)15-4-23)32(30)22-33-39(51)47(45-28-12-10-27(44)11-13-28)41(53)42(33,37)25-6-8-26(43)9-7-25/h3-16,18,21,31-33,36-37,45,48-49H,2,17,19-20,22H2,1H3. The fraction of sp³-hybridized carbons (Fsp3) is 0.286. The molecule has 4 aromatic carbocycles. The number of fused-ring (bicyclic) bond motifs is 4. The zero-order valence-corrected chi connectivity index (χ0v) is 30.0. The minimum Gasteiger partial charge on any atom is -0.508 e. The number of carbonyl (C=O) groups is 4. The molecule has 0 spiro atoms. The van der Waals surface area contributed by atoms with Crippen molar-refractivity contribution in [1.29, 1.82) is 0 Å². The van der Waals surface area contributed by atoms with Gasteiger partial charge in [-0.3, -0.25) is 29.5 Å². The van der Waals surface area contributed by atoms with Gasteiger partial charge in [0.2, 0.25) is 11.8 Å². The average molecular weight is 750 g/mol. The number of hydrogen-bond acceptors (Lipinski definition) is 8. The molecule has 12 heteroatoms. The summed E-state index contributed by atoms with van der Waals surface area (Å²) in [4.78, 5) is 59.8. The Morgan fingerprint density at radius 2 is 1.61 bits per heavy atom. The van der Waals surface area contributed by atoms with Crippen LogP contribution in [0.1, 0.15) is 42.4 Å². The van der Waals surface area contributed by atoms with Gasteiger partial charge in [0.25, 0.3) is 11.8 Å². The number of phenols is 2. The predicted octanol–water partition coefficient (Wildman–Crippen LogP) is 6.52. The van der Waals surface area contributed by atoms with Crippen molar-refractivity contribution in [3.8, 4) is 17.2 Å². The van der Waals surface area contributed by atoms with Crippen LogP contribution >= 0.6 is 11.6 Å². The van der Waals surface area contributed by atoms with Gasteiger partial charge in [-0.05, 0) is 109 Å². The molecule has 276 valence electrons. The Balaban J connectivity index is 1.27. The normalized spacial score (nSPS) is 26.0. The Bertz CT molecular complexity index is 2190. The van der Waals surface area contributed by atoms with Crippen LogP contribution in [-0.4, -0.2) is 56.9 Å². The molecule has 10 nitrogen and oxygen atoms in total. The first kappa shape index (κ1) is 35.4. The summed E-state index contributed by atoms with van der Waals surface area (Å²) < 4.78 is 19.7. The van der Waals surface area contributed by atoms with Crippen LogP contribution in [0.25, 0.3) is 0 Å². The molecule has 2 saturated heterocycles. The van der Waals surface area contributed by atoms with Crippen LogP contribution < -0.4 is 10.2 Å². The van der Waals surface area contributed by atoms with Gasteiger partial charge in [0.15, 0.2) is 11.5 Å². The van der Waals surface area contributed by atoms with Crippen LogP contribution in [-0.2, 0) is 31.0 Å². The van der Waals surface area contributed by atoms with Crippen LogP contribution in [0.4, 0.5) is 10.1 Å². The first-order chi connectivity index (χ1) is 26.0. The third-order valence-corrected chi connectivity index (χ3v) is 11.8. The largest absolute Gasteiger partial charge is 0.508 e. The highest BCUT2D eigenvalue weighted by molar-refractivity contribution is 6.30. The van der Waals surface area contributed by atoms with Crippen molar-refractivity contribution in [2.24, 2.45) is 23.7 Å². The number of ether oxygens (including phenoxy) is 1. The minimum atomic E-state index is -1.56. The molecule has 0 bridgehead atoms. The van der Waals surface area contributed by atoms with Crippen molar-refractivity contribution in [2.45, 2.75) is 37.5 Å². The van der Waals surface area contributed by atoms with E-state index in [1.165, 1.54) is 35.2 Å². The van der Waals surface area contributed by atoms with Gasteiger partial charge in [-0.2, -0.15) is 5.01 Å². The van der Waals surface area contributed by atoms with E-state index in [4.69, 9.17) is 16.3 Å². The topological polar surface area (TPSA) is 136 Å². The summed E-state index contributed by atoms with van der Waals surface area (Å²) in [5, 5.41) is 21.9. The summed E-state index contributed by atoms with van der Waals surface area (Å²) in [6, 6.07) is 23.6. The summed E-state index contributed by atoms with van der Waals surface area (Å²) in [7, 11) is 0. The third-order valence-electron chi connectivity index (χ3n) is 11.5. The van der Waals surface area contributed by atoms with Crippen molar-refractivity contribution in [3.05, 3.63) is 130 Å². The van der Waals surface area contributed by atoms with Crippen molar-refractivity contribution in [2.75, 3.05) is 18.6 Å². The van der Waals surface area contributed by atoms with Gasteiger partial charge in [-0.1, -0.05) is 53.6 Å². The number of hydrazine groups is 1. The molecular formula is C42H37ClFN3O7. The summed E-state index contributed by atoms with van der Waals surface area (Å²) in [6.45, 7) is 2.19. The highest BCUT2D eigenvalue weighted by Crippen LogP contribution is 2.64. The van der Waals surface area contributed by atoms with E-state index in [1.54, 1.807) is 67.6 Å². The molecule has 4 amide bonds. The lowest BCUT2D eigenvalue weighted by molar-refractivity contribution is -0.141. The first-order valence-electron chi connectivity index (χ1n) is 18.0. The van der Waals surface area contributed by atoms with E-state index in [-0.39, 0.29) is 55.1 Å². The monoisotopic (exact) mass is 749 g/mol. The first-order valence-corrected chi connectivity index (χ1v) is 18.4. The molecular weight excluding hydrogens is 713 g/mol. The zero-order chi connectivity index (χ0) is 37.9. The fourth-order valence-electron chi connectivity index (χ4n) is 9.20. The molecule has 3 fully saturated rings. The van der Waals surface area contributed by atoms with Crippen molar-refractivity contribution in [3.63, 3.8) is 0 Å². The van der Waals surface area contributed by atoms with Gasteiger partial charge in [-0.25, -0.2) is 4.39 Å². The minimum absolute atomic E-state index is 0.0967. The molecule has 2 heterocycles. The molecule has 8 rings (SSSR count). The van der Waals surface area contributed by atoms with Crippen LogP contribution in [0.3, 0.4) is 0 Å². The quantitative estimate of drug-likeness (QED) is 0.130. The van der Waals surface area contributed by atoms with E-state index in [2.05, 4.69) is 5.43 Å². The number of hydrogen-bond donors (Lipinski definition) is 3. The molecule has 4 aromatic rings. The average Bonchev–Trinajstić information content (AvgIpc) is 3.54. The SMILES string of the molecule is CCOc1cc(C2C3=CCC4C(=O)N(CCc5ccc(O)cc5)C(=O)C4C3CC3C(=O)N(Nc4ccc(F)cc4)C(=O)C32c2ccc(Cl)cc2)ccc1O. The van der Waals surface area contributed by atoms with Gasteiger partial charge in [-0.15, -0.1) is 0 Å². The van der Waals surface area contributed by atoms with E-state index in [1.807, 2.05) is 6.08 Å². The Morgan fingerprint density at radius 1 is 0.889 bits per heavy atom. The lowest BCUT2D eigenvalue weighted by Gasteiger charge is -2.50. The Labute approximate surface area is 315 Å². The van der Waals surface area contributed by atoms with Crippen molar-refractivity contribution >= 4 is 40.9 Å². The molecule has 3 N–H and O–H groups in total. The zero-order valence-electron chi connectivity index (χ0n) is 29.2. The molecule has 4 aliphatic rings. The number of phenolic OH excluding ortho intramolecular Hbond substituents is 2. The van der Waals surface area contributed by atoms with Gasteiger partial charge < -0.3 is 14.9 Å². The second kappa shape index (κ2) is 13.6. The summed E-state index contributed by atoms with van der Waals surface area (Å²) in [5.41, 5.74) is 4.42. The summed E-state index contributed by atoms with van der Waals surface area (Å²) in [6.07, 6.45) is 2.71. The number of nitrogens with one attached hydrogen (secondary N) is 1. The van der Waals surface area contributed by atoms with Gasteiger partial charge >= 0.3 is 0 Å². The smallest absolute Gasteiger partial charge is 0.260 e. The van der Waals surface area contributed by atoms with Crippen LogP contribution in [0.15, 0.2) is 103 Å². The van der Waals surface area contributed by atoms with E-state index in [9.17, 15) is 29.0 Å². The lowest BCUT2D eigenvalue weighted by Crippen LogP contribution is -2.53. The predicted molar refractivity (Wildman–Crippen MR) is 197 cm³/mol. The van der Waals surface area contributed by atoms with Crippen LogP contribution in [0.5, 0.6) is 17.2 Å². The van der Waals surface area contributed by atoms with Gasteiger partial charge in [0, 0.05) is 17.5 Å². The number of anilines is 1. The lowest BCUT2D eigenvalue weighted by atomic mass is 9.49. The summed E-state index contributed by atoms with van der Waals surface area (Å²) >= 11 is 6.37. The Hall–Kier alpha value is -5.68. The second-order valence-electron chi connectivity index (χ2n) is 14.3. The van der Waals surface area contributed by atoms with E-state index in [0.717, 1.165) is 16.1 Å². The summed E-state index contributed by atoms with van der Waals surface area (Å²) in [5.74, 6) is -5.80. The molecule has 6 atom stereocenters. The maximum absolute atomic E-state index is 15.3.